The second kappa shape index (κ2) is 5.81. The van der Waals surface area contributed by atoms with Crippen molar-refractivity contribution in [2.24, 2.45) is 16.9 Å². The van der Waals surface area contributed by atoms with Gasteiger partial charge in [0.15, 0.2) is 11.7 Å². The van der Waals surface area contributed by atoms with Crippen molar-refractivity contribution in [1.82, 2.24) is 10.3 Å². The molecule has 6 heteroatoms. The summed E-state index contributed by atoms with van der Waals surface area (Å²) >= 11 is 0. The zero-order valence-electron chi connectivity index (χ0n) is 11.8. The van der Waals surface area contributed by atoms with Gasteiger partial charge in [-0.25, -0.2) is 4.98 Å². The summed E-state index contributed by atoms with van der Waals surface area (Å²) in [5.74, 6) is -0.753. The van der Waals surface area contributed by atoms with Gasteiger partial charge in [0.2, 0.25) is 5.91 Å². The highest BCUT2D eigenvalue weighted by Gasteiger charge is 2.40. The number of carbonyl (C=O) groups is 2. The molecule has 1 atom stereocenters. The Morgan fingerprint density at radius 2 is 2.20 bits per heavy atom. The summed E-state index contributed by atoms with van der Waals surface area (Å²) < 4.78 is 0. The lowest BCUT2D eigenvalue weighted by atomic mass is 10.0. The lowest BCUT2D eigenvalue weighted by molar-refractivity contribution is -0.130. The Balaban J connectivity index is 2.13. The first kappa shape index (κ1) is 14.2. The van der Waals surface area contributed by atoms with Gasteiger partial charge in [0.1, 0.15) is 0 Å². The standard InChI is InChI=1S/C14H18N4O2/c1-9(2)8-16-13(19)12-10(3)17-18(14(12)20)11-6-4-5-7-15-11/h4-7,9,12H,8H2,1-3H3,(H,16,19). The van der Waals surface area contributed by atoms with Crippen LogP contribution < -0.4 is 10.3 Å². The summed E-state index contributed by atoms with van der Waals surface area (Å²) in [5.41, 5.74) is 0.488. The number of hydrogen-bond donors (Lipinski definition) is 1. The van der Waals surface area contributed by atoms with Crippen LogP contribution in [0.1, 0.15) is 20.8 Å². The maximum absolute atomic E-state index is 12.3. The van der Waals surface area contributed by atoms with Crippen LogP contribution in [0.3, 0.4) is 0 Å². The minimum atomic E-state index is -0.851. The third-order valence-corrected chi connectivity index (χ3v) is 2.94. The molecular formula is C14H18N4O2. The molecule has 1 N–H and O–H groups in total. The van der Waals surface area contributed by atoms with Crippen molar-refractivity contribution >= 4 is 23.3 Å². The van der Waals surface area contributed by atoms with Gasteiger partial charge < -0.3 is 5.32 Å². The van der Waals surface area contributed by atoms with Crippen LogP contribution in [0.25, 0.3) is 0 Å². The van der Waals surface area contributed by atoms with Gasteiger partial charge in [0, 0.05) is 12.7 Å². The normalized spacial score (nSPS) is 18.4. The van der Waals surface area contributed by atoms with Gasteiger partial charge in [-0.2, -0.15) is 10.1 Å². The van der Waals surface area contributed by atoms with Crippen molar-refractivity contribution in [3.63, 3.8) is 0 Å². The molecule has 0 saturated carbocycles. The quantitative estimate of drug-likeness (QED) is 0.838. The molecule has 20 heavy (non-hydrogen) atoms. The molecule has 0 fully saturated rings. The number of amides is 2. The topological polar surface area (TPSA) is 74.7 Å². The first-order valence-corrected chi connectivity index (χ1v) is 6.58. The smallest absolute Gasteiger partial charge is 0.267 e. The van der Waals surface area contributed by atoms with Crippen molar-refractivity contribution in [3.8, 4) is 0 Å². The summed E-state index contributed by atoms with van der Waals surface area (Å²) in [6.07, 6.45) is 1.58. The summed E-state index contributed by atoms with van der Waals surface area (Å²) in [6.45, 7) is 6.22. The van der Waals surface area contributed by atoms with E-state index in [2.05, 4.69) is 15.4 Å². The molecule has 0 aromatic carbocycles. The summed E-state index contributed by atoms with van der Waals surface area (Å²) in [6, 6.07) is 5.21. The minimum absolute atomic E-state index is 0.302. The predicted molar refractivity (Wildman–Crippen MR) is 76.2 cm³/mol. The SMILES string of the molecule is CC1=NN(c2ccccn2)C(=O)C1C(=O)NCC(C)C. The van der Waals surface area contributed by atoms with Gasteiger partial charge >= 0.3 is 0 Å². The molecule has 1 aliphatic rings. The summed E-state index contributed by atoms with van der Waals surface area (Å²) in [7, 11) is 0. The fraction of sp³-hybridized carbons (Fsp3) is 0.429. The van der Waals surface area contributed by atoms with Crippen LogP contribution in [0.15, 0.2) is 29.5 Å². The summed E-state index contributed by atoms with van der Waals surface area (Å²) in [5, 5.41) is 8.11. The van der Waals surface area contributed by atoms with E-state index in [0.717, 1.165) is 0 Å². The van der Waals surface area contributed by atoms with E-state index in [9.17, 15) is 9.59 Å². The predicted octanol–water partition coefficient (Wildman–Crippen LogP) is 1.19. The average Bonchev–Trinajstić information content (AvgIpc) is 2.72. The molecule has 6 nitrogen and oxygen atoms in total. The highest BCUT2D eigenvalue weighted by molar-refractivity contribution is 6.26. The molecule has 0 aliphatic carbocycles. The van der Waals surface area contributed by atoms with E-state index in [1.165, 1.54) is 5.01 Å². The van der Waals surface area contributed by atoms with Crippen LogP contribution in [0.5, 0.6) is 0 Å². The van der Waals surface area contributed by atoms with Crippen molar-refractivity contribution in [2.75, 3.05) is 11.6 Å². The number of rotatable bonds is 4. The molecule has 0 bridgehead atoms. The van der Waals surface area contributed by atoms with E-state index in [-0.39, 0.29) is 11.8 Å². The summed E-state index contributed by atoms with van der Waals surface area (Å²) in [4.78, 5) is 28.5. The van der Waals surface area contributed by atoms with E-state index in [1.807, 2.05) is 13.8 Å². The van der Waals surface area contributed by atoms with Crippen LogP contribution in [0.4, 0.5) is 5.82 Å². The Bertz CT molecular complexity index is 539. The van der Waals surface area contributed by atoms with Crippen LogP contribution >= 0.6 is 0 Å². The van der Waals surface area contributed by atoms with Crippen LogP contribution in [0.2, 0.25) is 0 Å². The molecule has 1 aromatic rings. The first-order chi connectivity index (χ1) is 9.50. The van der Waals surface area contributed by atoms with E-state index in [0.29, 0.717) is 24.0 Å². The Morgan fingerprint density at radius 1 is 1.45 bits per heavy atom. The molecule has 1 aromatic heterocycles. The average molecular weight is 274 g/mol. The third kappa shape index (κ3) is 2.84. The van der Waals surface area contributed by atoms with Gasteiger partial charge in [-0.15, -0.1) is 0 Å². The fourth-order valence-electron chi connectivity index (χ4n) is 1.92. The third-order valence-electron chi connectivity index (χ3n) is 2.94. The van der Waals surface area contributed by atoms with E-state index < -0.39 is 5.92 Å². The Morgan fingerprint density at radius 3 is 2.80 bits per heavy atom. The Kier molecular flexibility index (Phi) is 4.12. The van der Waals surface area contributed by atoms with Gasteiger partial charge in [0.05, 0.1) is 5.71 Å². The largest absolute Gasteiger partial charge is 0.355 e. The fourth-order valence-corrected chi connectivity index (χ4v) is 1.92. The van der Waals surface area contributed by atoms with Gasteiger partial charge in [-0.3, -0.25) is 9.59 Å². The Labute approximate surface area is 117 Å². The molecule has 1 aliphatic heterocycles. The van der Waals surface area contributed by atoms with Crippen LogP contribution in [-0.2, 0) is 9.59 Å². The molecule has 0 radical (unpaired) electrons. The van der Waals surface area contributed by atoms with Crippen LogP contribution in [0, 0.1) is 11.8 Å². The van der Waals surface area contributed by atoms with Crippen molar-refractivity contribution < 1.29 is 9.59 Å². The molecule has 2 heterocycles. The highest BCUT2D eigenvalue weighted by Crippen LogP contribution is 2.21. The number of hydrogen-bond acceptors (Lipinski definition) is 4. The number of hydrazone groups is 1. The molecule has 106 valence electrons. The van der Waals surface area contributed by atoms with Gasteiger partial charge in [0.25, 0.3) is 5.91 Å². The molecular weight excluding hydrogens is 256 g/mol. The number of nitrogens with one attached hydrogen (secondary N) is 1. The van der Waals surface area contributed by atoms with Crippen LogP contribution in [-0.4, -0.2) is 29.1 Å². The number of pyridine rings is 1. The van der Waals surface area contributed by atoms with Crippen molar-refractivity contribution in [2.45, 2.75) is 20.8 Å². The highest BCUT2D eigenvalue weighted by atomic mass is 16.2. The Hall–Kier alpha value is -2.24. The maximum atomic E-state index is 12.3. The zero-order valence-corrected chi connectivity index (χ0v) is 11.8. The number of carbonyl (C=O) groups excluding carboxylic acids is 2. The lowest BCUT2D eigenvalue weighted by Crippen LogP contribution is -2.41. The first-order valence-electron chi connectivity index (χ1n) is 6.58. The van der Waals surface area contributed by atoms with Crippen molar-refractivity contribution in [1.29, 1.82) is 0 Å². The van der Waals surface area contributed by atoms with E-state index in [1.54, 1.807) is 31.3 Å². The maximum Gasteiger partial charge on any atom is 0.267 e. The van der Waals surface area contributed by atoms with Crippen molar-refractivity contribution in [3.05, 3.63) is 24.4 Å². The van der Waals surface area contributed by atoms with Gasteiger partial charge in [-0.05, 0) is 25.0 Å². The second-order valence-electron chi connectivity index (χ2n) is 5.15. The molecule has 0 spiro atoms. The molecule has 0 saturated heterocycles. The molecule has 2 amide bonds. The number of anilines is 1. The number of aromatic nitrogens is 1. The van der Waals surface area contributed by atoms with E-state index >= 15 is 0 Å². The zero-order chi connectivity index (χ0) is 14.7. The second-order valence-corrected chi connectivity index (χ2v) is 5.15. The molecule has 2 rings (SSSR count). The van der Waals surface area contributed by atoms with Gasteiger partial charge in [-0.1, -0.05) is 19.9 Å². The lowest BCUT2D eigenvalue weighted by Gasteiger charge is -2.14. The number of nitrogens with zero attached hydrogens (tertiary/aromatic N) is 3. The minimum Gasteiger partial charge on any atom is -0.355 e. The van der Waals surface area contributed by atoms with E-state index in [4.69, 9.17) is 0 Å². The molecule has 1 unspecified atom stereocenters. The monoisotopic (exact) mass is 274 g/mol.